The molecule has 0 bridgehead atoms. The number of carbonyl (C=O) groups excluding carboxylic acids is 1. The van der Waals surface area contributed by atoms with Gasteiger partial charge in [0.15, 0.2) is 0 Å². The molecule has 0 aliphatic carbocycles. The van der Waals surface area contributed by atoms with E-state index < -0.39 is 23.9 Å². The summed E-state index contributed by atoms with van der Waals surface area (Å²) in [5.74, 6) is 0.347. The molecule has 1 heterocycles. The van der Waals surface area contributed by atoms with E-state index in [4.69, 9.17) is 0 Å². The van der Waals surface area contributed by atoms with E-state index in [0.717, 1.165) is 19.4 Å². The van der Waals surface area contributed by atoms with Crippen LogP contribution in [0.3, 0.4) is 0 Å². The van der Waals surface area contributed by atoms with Gasteiger partial charge in [0, 0.05) is 0 Å². The maximum atomic E-state index is 10.9. The van der Waals surface area contributed by atoms with Crippen LogP contribution in [0.4, 0.5) is 0 Å². The molecule has 1 amide bonds. The minimum absolute atomic E-state index is 0.347. The second kappa shape index (κ2) is 3.32. The Labute approximate surface area is 67.1 Å². The summed E-state index contributed by atoms with van der Waals surface area (Å²) < 4.78 is 3.93. The Balaban J connectivity index is 2.39. The van der Waals surface area contributed by atoms with Crippen molar-refractivity contribution < 1.29 is 4.79 Å². The van der Waals surface area contributed by atoms with Crippen LogP contribution in [0.25, 0.3) is 0 Å². The zero-order valence-corrected chi connectivity index (χ0v) is 8.34. The van der Waals surface area contributed by atoms with Gasteiger partial charge in [0.05, 0.1) is 0 Å². The van der Waals surface area contributed by atoms with Gasteiger partial charge in [0.25, 0.3) is 0 Å². The van der Waals surface area contributed by atoms with Crippen LogP contribution in [0, 0.1) is 0 Å². The van der Waals surface area contributed by atoms with Crippen LogP contribution < -0.4 is 0 Å². The zero-order chi connectivity index (χ0) is 6.69. The quantitative estimate of drug-likeness (QED) is 0.720. The monoisotopic (exact) mass is 320 g/mol. The Morgan fingerprint density at radius 2 is 2.56 bits per heavy atom. The van der Waals surface area contributed by atoms with Crippen molar-refractivity contribution >= 4 is 29.8 Å². The summed E-state index contributed by atoms with van der Waals surface area (Å²) >= 11 is -0.626. The first-order valence-electron chi connectivity index (χ1n) is 2.92. The predicted molar refractivity (Wildman–Crippen MR) is 36.9 cm³/mol. The summed E-state index contributed by atoms with van der Waals surface area (Å²) in [4.78, 5) is 10.9. The van der Waals surface area contributed by atoms with Crippen LogP contribution in [0.1, 0.15) is 12.8 Å². The fraction of sp³-hybridized carbons (Fsp3) is 0.500. The molecule has 1 saturated heterocycles. The molecule has 3 heteroatoms. The number of hydrogen-bond acceptors (Lipinski definition) is 1. The Bertz CT molecular complexity index is 135. The average molecular weight is 320 g/mol. The van der Waals surface area contributed by atoms with E-state index in [1.54, 1.807) is 0 Å². The van der Waals surface area contributed by atoms with E-state index in [9.17, 15) is 4.79 Å². The fourth-order valence-corrected chi connectivity index (χ4v) is 3.25. The summed E-state index contributed by atoms with van der Waals surface area (Å²) in [5, 5.41) is 0. The van der Waals surface area contributed by atoms with Gasteiger partial charge < -0.3 is 0 Å². The summed E-state index contributed by atoms with van der Waals surface area (Å²) in [6.45, 7) is 4.63. The maximum absolute atomic E-state index is 10.9. The topological polar surface area (TPSA) is 20.3 Å². The molecule has 0 N–H and O–H groups in total. The van der Waals surface area contributed by atoms with Crippen molar-refractivity contribution in [2.24, 2.45) is 0 Å². The molecule has 9 heavy (non-hydrogen) atoms. The standard InChI is InChI=1S/C4H7NO.C2H3.Po/c6-4-2-1-3-5-4;1-2;/h1-3H2,(H,5,6);1H,2H2;/q;;+1/p-1. The summed E-state index contributed by atoms with van der Waals surface area (Å²) in [5.41, 5.74) is 0. The predicted octanol–water partition coefficient (Wildman–Crippen LogP) is 0.371. The fourth-order valence-electron chi connectivity index (χ4n) is 0.825. The second-order valence-corrected chi connectivity index (χ2v) is 5.70. The molecule has 0 saturated carbocycles. The van der Waals surface area contributed by atoms with E-state index >= 15 is 0 Å². The van der Waals surface area contributed by atoms with Gasteiger partial charge in [-0.1, -0.05) is 0 Å². The van der Waals surface area contributed by atoms with Crippen LogP contribution in [0.15, 0.2) is 10.3 Å². The van der Waals surface area contributed by atoms with E-state index in [0.29, 0.717) is 5.91 Å². The van der Waals surface area contributed by atoms with Gasteiger partial charge in [-0.2, -0.15) is 0 Å². The van der Waals surface area contributed by atoms with Crippen molar-refractivity contribution in [1.82, 2.24) is 2.80 Å². The van der Waals surface area contributed by atoms with Gasteiger partial charge in [-0.3, -0.25) is 0 Å². The van der Waals surface area contributed by atoms with Crippen LogP contribution in [-0.4, -0.2) is 39.1 Å². The van der Waals surface area contributed by atoms with E-state index in [-0.39, 0.29) is 0 Å². The molecule has 1 aliphatic rings. The number of carbonyl (C=O) groups is 1. The normalized spacial score (nSPS) is 18.7. The first-order chi connectivity index (χ1) is 4.34. The number of amides is 1. The molecule has 0 aromatic heterocycles. The third kappa shape index (κ3) is 1.76. The van der Waals surface area contributed by atoms with E-state index in [2.05, 4.69) is 6.58 Å². The Kier molecular flexibility index (Phi) is 2.66. The molecule has 1 aliphatic heterocycles. The Morgan fingerprint density at radius 3 is 3.00 bits per heavy atom. The molecule has 0 atom stereocenters. The molecular formula is C6H9NOPo. The number of hydrogen-bond donors (Lipinski definition) is 0. The van der Waals surface area contributed by atoms with E-state index in [1.807, 2.05) is 6.53 Å². The molecule has 2 nitrogen and oxygen atoms in total. The zero-order valence-electron chi connectivity index (χ0n) is 5.17. The molecule has 50 valence electrons. The molecule has 0 aromatic carbocycles. The van der Waals surface area contributed by atoms with Gasteiger partial charge in [0.2, 0.25) is 0 Å². The molecule has 0 radical (unpaired) electrons. The Morgan fingerprint density at radius 1 is 1.78 bits per heavy atom. The first-order valence-corrected chi connectivity index (χ1v) is 6.18. The van der Waals surface area contributed by atoms with Crippen LogP contribution in [-0.2, 0) is 4.79 Å². The van der Waals surface area contributed by atoms with Crippen molar-refractivity contribution in [2.45, 2.75) is 12.8 Å². The molecule has 0 aromatic rings. The summed E-state index contributed by atoms with van der Waals surface area (Å²) in [7, 11) is 0. The van der Waals surface area contributed by atoms with Crippen molar-refractivity contribution in [3.8, 4) is 0 Å². The van der Waals surface area contributed by atoms with Gasteiger partial charge in [-0.05, 0) is 0 Å². The van der Waals surface area contributed by atoms with Gasteiger partial charge >= 0.3 is 67.1 Å². The van der Waals surface area contributed by atoms with Crippen molar-refractivity contribution in [2.75, 3.05) is 6.54 Å². The van der Waals surface area contributed by atoms with Crippen LogP contribution >= 0.6 is 0 Å². The van der Waals surface area contributed by atoms with Crippen molar-refractivity contribution in [1.29, 1.82) is 0 Å². The third-order valence-electron chi connectivity index (χ3n) is 1.23. The number of nitrogens with zero attached hydrogens (tertiary/aromatic N) is 1. The van der Waals surface area contributed by atoms with Crippen molar-refractivity contribution in [3.63, 3.8) is 0 Å². The van der Waals surface area contributed by atoms with Crippen molar-refractivity contribution in [3.05, 3.63) is 10.3 Å². The van der Waals surface area contributed by atoms with Crippen LogP contribution in [0.2, 0.25) is 0 Å². The molecule has 0 unspecified atom stereocenters. The summed E-state index contributed by atoms with van der Waals surface area (Å²) in [6, 6.07) is 0. The number of rotatable bonds is 2. The van der Waals surface area contributed by atoms with Gasteiger partial charge in [-0.15, -0.1) is 0 Å². The van der Waals surface area contributed by atoms with Crippen LogP contribution in [0.5, 0.6) is 0 Å². The second-order valence-electron chi connectivity index (χ2n) is 1.87. The average Bonchev–Trinajstić information content (AvgIpc) is 2.18. The first kappa shape index (κ1) is 7.22. The van der Waals surface area contributed by atoms with Gasteiger partial charge in [-0.25, -0.2) is 0 Å². The summed E-state index contributed by atoms with van der Waals surface area (Å²) in [6.07, 6.45) is 1.83. The third-order valence-corrected chi connectivity index (χ3v) is 4.30. The molecular weight excluding hydrogens is 311 g/mol. The van der Waals surface area contributed by atoms with E-state index in [1.165, 1.54) is 0 Å². The SMILES string of the molecule is C=[CH][Po][N]1CCCC1=O. The molecule has 0 spiro atoms. The molecule has 1 fully saturated rings. The molecule has 1 rings (SSSR count). The Hall–Kier alpha value is 0.106. The minimum atomic E-state index is -0.626. The van der Waals surface area contributed by atoms with Gasteiger partial charge in [0.1, 0.15) is 0 Å².